The van der Waals surface area contributed by atoms with Crippen LogP contribution >= 0.6 is 0 Å². The average Bonchev–Trinajstić information content (AvgIpc) is 2.54. The van der Waals surface area contributed by atoms with Crippen molar-refractivity contribution in [3.05, 3.63) is 29.6 Å². The summed E-state index contributed by atoms with van der Waals surface area (Å²) >= 11 is 0. The minimum absolute atomic E-state index is 0.0662. The zero-order valence-electron chi connectivity index (χ0n) is 14.3. The van der Waals surface area contributed by atoms with Gasteiger partial charge in [0.15, 0.2) is 11.6 Å². The van der Waals surface area contributed by atoms with Crippen molar-refractivity contribution in [2.75, 3.05) is 33.3 Å². The summed E-state index contributed by atoms with van der Waals surface area (Å²) in [5.41, 5.74) is 0.610. The molecule has 0 unspecified atom stereocenters. The number of carbonyl (C=O) groups excluding carboxylic acids is 2. The summed E-state index contributed by atoms with van der Waals surface area (Å²) in [5.74, 6) is -0.377. The number of hydrogen-bond donors (Lipinski definition) is 1. The van der Waals surface area contributed by atoms with Crippen molar-refractivity contribution in [3.8, 4) is 5.75 Å². The molecule has 1 aliphatic rings. The molecule has 1 heterocycles. The van der Waals surface area contributed by atoms with E-state index in [0.717, 1.165) is 0 Å². The monoisotopic (exact) mass is 337 g/mol. The quantitative estimate of drug-likeness (QED) is 0.908. The molecular formula is C17H24FN3O3. The molecule has 24 heavy (non-hydrogen) atoms. The smallest absolute Gasteiger partial charge is 0.317 e. The van der Waals surface area contributed by atoms with Crippen LogP contribution in [0.25, 0.3) is 0 Å². The van der Waals surface area contributed by atoms with Gasteiger partial charge in [0.2, 0.25) is 5.91 Å². The number of piperazine rings is 1. The standard InChI is InChI=1S/C17H24FN3O3/c1-12(2)19-17(23)21-8-6-20(7-9-21)16(22)11-13-4-5-15(24-3)14(18)10-13/h4-5,10,12H,6-9,11H2,1-3H3,(H,19,23). The van der Waals surface area contributed by atoms with Gasteiger partial charge in [-0.1, -0.05) is 6.07 Å². The number of nitrogens with one attached hydrogen (secondary N) is 1. The van der Waals surface area contributed by atoms with Gasteiger partial charge < -0.3 is 19.9 Å². The van der Waals surface area contributed by atoms with Gasteiger partial charge in [-0.3, -0.25) is 4.79 Å². The van der Waals surface area contributed by atoms with Gasteiger partial charge in [0, 0.05) is 32.2 Å². The van der Waals surface area contributed by atoms with Crippen LogP contribution in [-0.2, 0) is 11.2 Å². The first-order chi connectivity index (χ1) is 11.4. The summed E-state index contributed by atoms with van der Waals surface area (Å²) < 4.78 is 18.6. The highest BCUT2D eigenvalue weighted by atomic mass is 19.1. The minimum atomic E-state index is -0.474. The van der Waals surface area contributed by atoms with E-state index in [9.17, 15) is 14.0 Å². The fourth-order valence-electron chi connectivity index (χ4n) is 2.60. The number of methoxy groups -OCH3 is 1. The highest BCUT2D eigenvalue weighted by Crippen LogP contribution is 2.18. The second-order valence-electron chi connectivity index (χ2n) is 6.12. The third-order valence-corrected chi connectivity index (χ3v) is 3.90. The maximum atomic E-state index is 13.7. The number of urea groups is 1. The fourth-order valence-corrected chi connectivity index (χ4v) is 2.60. The first kappa shape index (κ1) is 18.0. The Bertz CT molecular complexity index is 599. The molecule has 1 N–H and O–H groups in total. The molecule has 1 aromatic carbocycles. The van der Waals surface area contributed by atoms with E-state index in [4.69, 9.17) is 4.74 Å². The van der Waals surface area contributed by atoms with E-state index in [-0.39, 0.29) is 30.2 Å². The van der Waals surface area contributed by atoms with Gasteiger partial charge in [-0.25, -0.2) is 9.18 Å². The van der Waals surface area contributed by atoms with Crippen molar-refractivity contribution < 1.29 is 18.7 Å². The first-order valence-electron chi connectivity index (χ1n) is 8.06. The molecule has 0 aliphatic carbocycles. The zero-order valence-corrected chi connectivity index (χ0v) is 14.3. The molecule has 3 amide bonds. The predicted molar refractivity (Wildman–Crippen MR) is 88.5 cm³/mol. The van der Waals surface area contributed by atoms with Crippen molar-refractivity contribution >= 4 is 11.9 Å². The third-order valence-electron chi connectivity index (χ3n) is 3.90. The van der Waals surface area contributed by atoms with Crippen molar-refractivity contribution in [3.63, 3.8) is 0 Å². The Balaban J connectivity index is 1.86. The van der Waals surface area contributed by atoms with E-state index >= 15 is 0 Å². The molecule has 1 fully saturated rings. The highest BCUT2D eigenvalue weighted by Gasteiger charge is 2.24. The lowest BCUT2D eigenvalue weighted by molar-refractivity contribution is -0.131. The van der Waals surface area contributed by atoms with Crippen LogP contribution in [0.15, 0.2) is 18.2 Å². The van der Waals surface area contributed by atoms with Gasteiger partial charge in [-0.2, -0.15) is 0 Å². The van der Waals surface area contributed by atoms with Gasteiger partial charge in [0.1, 0.15) is 0 Å². The molecule has 6 nitrogen and oxygen atoms in total. The van der Waals surface area contributed by atoms with Crippen LogP contribution in [0.3, 0.4) is 0 Å². The largest absolute Gasteiger partial charge is 0.494 e. The van der Waals surface area contributed by atoms with Crippen molar-refractivity contribution in [2.24, 2.45) is 0 Å². The van der Waals surface area contributed by atoms with E-state index in [1.54, 1.807) is 15.9 Å². The predicted octanol–water partition coefficient (Wildman–Crippen LogP) is 1.64. The summed E-state index contributed by atoms with van der Waals surface area (Å²) in [6.45, 7) is 5.80. The molecule has 0 bridgehead atoms. The summed E-state index contributed by atoms with van der Waals surface area (Å²) in [7, 11) is 1.40. The molecule has 1 aliphatic heterocycles. The molecule has 0 aromatic heterocycles. The van der Waals surface area contributed by atoms with Gasteiger partial charge >= 0.3 is 6.03 Å². The second-order valence-corrected chi connectivity index (χ2v) is 6.12. The Morgan fingerprint density at radius 2 is 1.83 bits per heavy atom. The molecule has 0 saturated carbocycles. The van der Waals surface area contributed by atoms with Gasteiger partial charge in [-0.15, -0.1) is 0 Å². The Morgan fingerprint density at radius 3 is 2.38 bits per heavy atom. The Kier molecular flexibility index (Phi) is 6.00. The Morgan fingerprint density at radius 1 is 1.21 bits per heavy atom. The molecule has 132 valence electrons. The van der Waals surface area contributed by atoms with Crippen LogP contribution in [0.2, 0.25) is 0 Å². The van der Waals surface area contributed by atoms with Crippen molar-refractivity contribution in [1.82, 2.24) is 15.1 Å². The van der Waals surface area contributed by atoms with E-state index in [0.29, 0.717) is 31.7 Å². The number of amides is 3. The summed E-state index contributed by atoms with van der Waals surface area (Å²) in [6.07, 6.45) is 0.138. The molecule has 0 atom stereocenters. The number of halogens is 1. The van der Waals surface area contributed by atoms with Gasteiger partial charge in [-0.05, 0) is 31.5 Å². The SMILES string of the molecule is COc1ccc(CC(=O)N2CCN(C(=O)NC(C)C)CC2)cc1F. The number of rotatable bonds is 4. The van der Waals surface area contributed by atoms with E-state index < -0.39 is 5.82 Å². The van der Waals surface area contributed by atoms with Crippen LogP contribution in [-0.4, -0.2) is 61.1 Å². The maximum absolute atomic E-state index is 13.7. The van der Waals surface area contributed by atoms with Crippen LogP contribution in [0.5, 0.6) is 5.75 Å². The molecule has 1 aromatic rings. The average molecular weight is 337 g/mol. The van der Waals surface area contributed by atoms with Crippen LogP contribution in [0.1, 0.15) is 19.4 Å². The van der Waals surface area contributed by atoms with Gasteiger partial charge in [0.05, 0.1) is 13.5 Å². The summed E-state index contributed by atoms with van der Waals surface area (Å²) in [6, 6.07) is 4.51. The zero-order chi connectivity index (χ0) is 17.7. The number of benzene rings is 1. The van der Waals surface area contributed by atoms with Crippen molar-refractivity contribution in [2.45, 2.75) is 26.3 Å². The number of ether oxygens (including phenoxy) is 1. The summed E-state index contributed by atoms with van der Waals surface area (Å²) in [5, 5.41) is 2.84. The molecule has 0 spiro atoms. The molecule has 0 radical (unpaired) electrons. The fraction of sp³-hybridized carbons (Fsp3) is 0.529. The lowest BCUT2D eigenvalue weighted by Gasteiger charge is -2.35. The maximum Gasteiger partial charge on any atom is 0.317 e. The summed E-state index contributed by atoms with van der Waals surface area (Å²) in [4.78, 5) is 27.7. The second kappa shape index (κ2) is 7.99. The van der Waals surface area contributed by atoms with Crippen LogP contribution in [0.4, 0.5) is 9.18 Å². The highest BCUT2D eigenvalue weighted by molar-refractivity contribution is 5.79. The lowest BCUT2D eigenvalue weighted by Crippen LogP contribution is -2.54. The number of hydrogen-bond acceptors (Lipinski definition) is 3. The minimum Gasteiger partial charge on any atom is -0.494 e. The van der Waals surface area contributed by atoms with Crippen LogP contribution < -0.4 is 10.1 Å². The molecule has 7 heteroatoms. The topological polar surface area (TPSA) is 61.9 Å². The lowest BCUT2D eigenvalue weighted by atomic mass is 10.1. The first-order valence-corrected chi connectivity index (χ1v) is 8.06. The Hall–Kier alpha value is -2.31. The van der Waals surface area contributed by atoms with E-state index in [1.165, 1.54) is 19.2 Å². The molecule has 2 rings (SSSR count). The molecule has 1 saturated heterocycles. The van der Waals surface area contributed by atoms with E-state index in [2.05, 4.69) is 5.32 Å². The Labute approximate surface area is 141 Å². The van der Waals surface area contributed by atoms with E-state index in [1.807, 2.05) is 13.8 Å². The third kappa shape index (κ3) is 4.59. The number of nitrogens with zero attached hydrogens (tertiary/aromatic N) is 2. The normalized spacial score (nSPS) is 14.7. The molecular weight excluding hydrogens is 313 g/mol. The van der Waals surface area contributed by atoms with Crippen molar-refractivity contribution in [1.29, 1.82) is 0 Å². The number of carbonyl (C=O) groups is 2. The van der Waals surface area contributed by atoms with Gasteiger partial charge in [0.25, 0.3) is 0 Å². The van der Waals surface area contributed by atoms with Crippen LogP contribution in [0, 0.1) is 5.82 Å².